The Labute approximate surface area is 179 Å². The van der Waals surface area contributed by atoms with E-state index in [0.717, 1.165) is 24.2 Å². The molecule has 4 rings (SSSR count). The lowest BCUT2D eigenvalue weighted by atomic mass is 10.1. The molecule has 3 aromatic rings. The van der Waals surface area contributed by atoms with Gasteiger partial charge in [0.2, 0.25) is 11.3 Å². The number of aromatic nitrogens is 2. The van der Waals surface area contributed by atoms with Gasteiger partial charge in [-0.1, -0.05) is 18.2 Å². The van der Waals surface area contributed by atoms with Crippen LogP contribution in [0.2, 0.25) is 0 Å². The first kappa shape index (κ1) is 21.0. The number of fused-ring (bicyclic) bond motifs is 1. The highest BCUT2D eigenvalue weighted by Gasteiger charge is 2.21. The minimum absolute atomic E-state index is 0.0692. The smallest absolute Gasteiger partial charge is 0.224 e. The predicted octanol–water partition coefficient (Wildman–Crippen LogP) is 2.28. The van der Waals surface area contributed by atoms with Crippen LogP contribution in [0.3, 0.4) is 0 Å². The van der Waals surface area contributed by atoms with Crippen molar-refractivity contribution in [3.8, 4) is 5.75 Å². The Kier molecular flexibility index (Phi) is 6.27. The van der Waals surface area contributed by atoms with Crippen LogP contribution in [0.15, 0.2) is 53.5 Å². The van der Waals surface area contributed by atoms with E-state index >= 15 is 0 Å². The van der Waals surface area contributed by atoms with Crippen LogP contribution in [-0.4, -0.2) is 58.8 Å². The number of halogens is 1. The maximum absolute atomic E-state index is 13.9. The Morgan fingerprint density at radius 2 is 1.90 bits per heavy atom. The number of hydrogen-bond acceptors (Lipinski definition) is 5. The first-order chi connectivity index (χ1) is 15.0. The molecule has 1 amide bonds. The summed E-state index contributed by atoms with van der Waals surface area (Å²) in [4.78, 5) is 28.7. The van der Waals surface area contributed by atoms with E-state index in [1.165, 1.54) is 19.4 Å². The van der Waals surface area contributed by atoms with E-state index in [1.54, 1.807) is 16.8 Å². The summed E-state index contributed by atoms with van der Waals surface area (Å²) in [6.07, 6.45) is 1.62. The second kappa shape index (κ2) is 9.26. The summed E-state index contributed by atoms with van der Waals surface area (Å²) in [5, 5.41) is 4.79. The summed E-state index contributed by atoms with van der Waals surface area (Å²) in [6, 6.07) is 12.3. The number of aryl methyl sites for hydroxylation is 1. The molecule has 2 heterocycles. The minimum atomic E-state index is -0.363. The molecule has 0 bridgehead atoms. The molecular weight excluding hydrogens is 399 g/mol. The number of piperazine rings is 1. The second-order valence-corrected chi connectivity index (χ2v) is 7.62. The number of benzene rings is 2. The Hall–Kier alpha value is -3.26. The monoisotopic (exact) mass is 424 g/mol. The average molecular weight is 424 g/mol. The molecule has 2 aromatic carbocycles. The molecule has 8 heteroatoms. The van der Waals surface area contributed by atoms with E-state index in [9.17, 15) is 14.0 Å². The molecule has 1 aliphatic heterocycles. The standard InChI is InChI=1S/C23H25FN4O3/c1-31-22-7-6-17(14-19(22)24)16-26-10-12-27(13-11-26)23(30)8-9-28-20-5-3-2-4-18(20)21(29)15-25-28/h2-7,14-15H,8-13,16H2,1H3. The SMILES string of the molecule is COc1ccc(CN2CCN(C(=O)CCn3ncc(=O)c4ccccc43)CC2)cc1F. The number of amides is 1. The largest absolute Gasteiger partial charge is 0.494 e. The number of carbonyl (C=O) groups excluding carboxylic acids is 1. The minimum Gasteiger partial charge on any atom is -0.494 e. The third-order valence-electron chi connectivity index (χ3n) is 5.65. The molecule has 0 atom stereocenters. The summed E-state index contributed by atoms with van der Waals surface area (Å²) in [6.45, 7) is 3.80. The van der Waals surface area contributed by atoms with Crippen LogP contribution in [0, 0.1) is 5.82 Å². The van der Waals surface area contributed by atoms with E-state index < -0.39 is 0 Å². The van der Waals surface area contributed by atoms with Crippen LogP contribution in [-0.2, 0) is 17.9 Å². The van der Waals surface area contributed by atoms with E-state index in [-0.39, 0.29) is 22.9 Å². The quantitative estimate of drug-likeness (QED) is 0.607. The van der Waals surface area contributed by atoms with Gasteiger partial charge in [0.25, 0.3) is 0 Å². The Bertz CT molecular complexity index is 1140. The first-order valence-electron chi connectivity index (χ1n) is 10.3. The Morgan fingerprint density at radius 3 is 2.65 bits per heavy atom. The number of para-hydroxylation sites is 1. The number of ether oxygens (including phenoxy) is 1. The van der Waals surface area contributed by atoms with Gasteiger partial charge in [0.1, 0.15) is 0 Å². The van der Waals surface area contributed by atoms with Gasteiger partial charge in [0.05, 0.1) is 25.4 Å². The lowest BCUT2D eigenvalue weighted by Gasteiger charge is -2.35. The predicted molar refractivity (Wildman–Crippen MR) is 115 cm³/mol. The summed E-state index contributed by atoms with van der Waals surface area (Å²) < 4.78 is 20.6. The van der Waals surface area contributed by atoms with Gasteiger partial charge in [-0.25, -0.2) is 4.39 Å². The highest BCUT2D eigenvalue weighted by molar-refractivity contribution is 5.79. The molecular formula is C23H25FN4O3. The summed E-state index contributed by atoms with van der Waals surface area (Å²) >= 11 is 0. The fourth-order valence-corrected chi connectivity index (χ4v) is 3.92. The molecule has 1 aromatic heterocycles. The van der Waals surface area contributed by atoms with E-state index in [4.69, 9.17) is 4.74 Å². The van der Waals surface area contributed by atoms with Crippen molar-refractivity contribution >= 4 is 16.8 Å². The Balaban J connectivity index is 1.30. The summed E-state index contributed by atoms with van der Waals surface area (Å²) in [5.41, 5.74) is 1.50. The van der Waals surface area contributed by atoms with Gasteiger partial charge in [0.15, 0.2) is 11.6 Å². The first-order valence-corrected chi connectivity index (χ1v) is 10.3. The fourth-order valence-electron chi connectivity index (χ4n) is 3.92. The van der Waals surface area contributed by atoms with E-state index in [2.05, 4.69) is 10.00 Å². The van der Waals surface area contributed by atoms with Crippen LogP contribution in [0.25, 0.3) is 10.9 Å². The van der Waals surface area contributed by atoms with Crippen molar-refractivity contribution < 1.29 is 13.9 Å². The molecule has 1 aliphatic rings. The van der Waals surface area contributed by atoms with Gasteiger partial charge in [-0.2, -0.15) is 5.10 Å². The number of nitrogens with zero attached hydrogens (tertiary/aromatic N) is 4. The topological polar surface area (TPSA) is 67.7 Å². The third kappa shape index (κ3) is 4.74. The van der Waals surface area contributed by atoms with E-state index in [1.807, 2.05) is 29.2 Å². The van der Waals surface area contributed by atoms with E-state index in [0.29, 0.717) is 38.0 Å². The zero-order chi connectivity index (χ0) is 21.8. The summed E-state index contributed by atoms with van der Waals surface area (Å²) in [5.74, 6) is -0.0543. The van der Waals surface area contributed by atoms with Crippen molar-refractivity contribution in [2.24, 2.45) is 0 Å². The number of hydrogen-bond donors (Lipinski definition) is 0. The van der Waals surface area contributed by atoms with Crippen molar-refractivity contribution in [3.63, 3.8) is 0 Å². The van der Waals surface area contributed by atoms with Crippen molar-refractivity contribution in [2.45, 2.75) is 19.5 Å². The molecule has 0 radical (unpaired) electrons. The molecule has 1 saturated heterocycles. The lowest BCUT2D eigenvalue weighted by molar-refractivity contribution is -0.133. The van der Waals surface area contributed by atoms with Gasteiger partial charge < -0.3 is 9.64 Å². The molecule has 0 spiro atoms. The zero-order valence-corrected chi connectivity index (χ0v) is 17.5. The van der Waals surface area contributed by atoms with Gasteiger partial charge in [-0.3, -0.25) is 19.2 Å². The summed E-state index contributed by atoms with van der Waals surface area (Å²) in [7, 11) is 1.45. The molecule has 1 fully saturated rings. The molecule has 0 saturated carbocycles. The fraction of sp³-hybridized carbons (Fsp3) is 0.348. The zero-order valence-electron chi connectivity index (χ0n) is 17.5. The van der Waals surface area contributed by atoms with Crippen molar-refractivity contribution in [1.29, 1.82) is 0 Å². The molecule has 0 N–H and O–H groups in total. The highest BCUT2D eigenvalue weighted by Crippen LogP contribution is 2.19. The second-order valence-electron chi connectivity index (χ2n) is 7.62. The third-order valence-corrected chi connectivity index (χ3v) is 5.65. The lowest BCUT2D eigenvalue weighted by Crippen LogP contribution is -2.48. The maximum atomic E-state index is 13.9. The van der Waals surface area contributed by atoms with Crippen molar-refractivity contribution in [3.05, 3.63) is 70.3 Å². The normalized spacial score (nSPS) is 14.7. The Morgan fingerprint density at radius 1 is 1.13 bits per heavy atom. The van der Waals surface area contributed by atoms with Gasteiger partial charge in [0, 0.05) is 44.5 Å². The molecule has 0 aliphatic carbocycles. The van der Waals surface area contributed by atoms with Crippen LogP contribution in [0.1, 0.15) is 12.0 Å². The molecule has 7 nitrogen and oxygen atoms in total. The maximum Gasteiger partial charge on any atom is 0.224 e. The van der Waals surface area contributed by atoms with Crippen LogP contribution >= 0.6 is 0 Å². The van der Waals surface area contributed by atoms with Crippen LogP contribution in [0.5, 0.6) is 5.75 Å². The van der Waals surface area contributed by atoms with Gasteiger partial charge in [-0.15, -0.1) is 0 Å². The van der Waals surface area contributed by atoms with Crippen LogP contribution < -0.4 is 10.2 Å². The van der Waals surface area contributed by atoms with Crippen molar-refractivity contribution in [2.75, 3.05) is 33.3 Å². The molecule has 162 valence electrons. The number of methoxy groups -OCH3 is 1. The van der Waals surface area contributed by atoms with Gasteiger partial charge in [-0.05, 0) is 29.8 Å². The number of rotatable bonds is 6. The van der Waals surface area contributed by atoms with Crippen molar-refractivity contribution in [1.82, 2.24) is 19.6 Å². The molecule has 31 heavy (non-hydrogen) atoms. The van der Waals surface area contributed by atoms with Gasteiger partial charge >= 0.3 is 0 Å². The molecule has 0 unspecified atom stereocenters. The average Bonchev–Trinajstić information content (AvgIpc) is 2.79. The highest BCUT2D eigenvalue weighted by atomic mass is 19.1. The number of carbonyl (C=O) groups is 1. The van der Waals surface area contributed by atoms with Crippen LogP contribution in [0.4, 0.5) is 4.39 Å².